The van der Waals surface area contributed by atoms with Gasteiger partial charge in [-0.05, 0) is 62.2 Å². The van der Waals surface area contributed by atoms with Gasteiger partial charge >= 0.3 is 0 Å². The predicted octanol–water partition coefficient (Wildman–Crippen LogP) is 4.32. The average Bonchev–Trinajstić information content (AvgIpc) is 3.03. The summed E-state index contributed by atoms with van der Waals surface area (Å²) in [6.07, 6.45) is 0. The Kier molecular flexibility index (Phi) is 4.60. The number of aryl methyl sites for hydroxylation is 3. The largest absolute Gasteiger partial charge is 0.482 e. The monoisotopic (exact) mass is 393 g/mol. The molecular formula is C21H19N3O3S. The van der Waals surface area contributed by atoms with Crippen LogP contribution >= 0.6 is 11.3 Å². The van der Waals surface area contributed by atoms with Crippen molar-refractivity contribution in [2.45, 2.75) is 20.8 Å². The highest BCUT2D eigenvalue weighted by Gasteiger charge is 2.19. The highest BCUT2D eigenvalue weighted by Crippen LogP contribution is 2.36. The first-order chi connectivity index (χ1) is 13.4. The van der Waals surface area contributed by atoms with Crippen LogP contribution in [0.3, 0.4) is 0 Å². The van der Waals surface area contributed by atoms with Crippen LogP contribution in [0, 0.1) is 20.8 Å². The van der Waals surface area contributed by atoms with E-state index in [1.807, 2.05) is 57.2 Å². The number of carbonyl (C=O) groups is 2. The number of carbonyl (C=O) groups excluding carboxylic acids is 2. The molecule has 0 saturated heterocycles. The number of anilines is 2. The SMILES string of the molecule is Cc1ccc(C(=O)Nc2nc(-c3ccc4c(c3)NC(=O)CO4)c(C)s2)cc1C. The minimum absolute atomic E-state index is 0.0245. The van der Waals surface area contributed by atoms with E-state index in [4.69, 9.17) is 4.74 Å². The van der Waals surface area contributed by atoms with Crippen molar-refractivity contribution in [2.75, 3.05) is 17.2 Å². The van der Waals surface area contributed by atoms with Crippen LogP contribution in [-0.2, 0) is 4.79 Å². The lowest BCUT2D eigenvalue weighted by atomic mass is 10.1. The quantitative estimate of drug-likeness (QED) is 0.695. The maximum absolute atomic E-state index is 12.6. The van der Waals surface area contributed by atoms with Crippen LogP contribution in [0.4, 0.5) is 10.8 Å². The van der Waals surface area contributed by atoms with Crippen molar-refractivity contribution in [3.05, 3.63) is 58.0 Å². The van der Waals surface area contributed by atoms with Crippen LogP contribution in [0.2, 0.25) is 0 Å². The normalized spacial score (nSPS) is 12.8. The number of hydrogen-bond donors (Lipinski definition) is 2. The summed E-state index contributed by atoms with van der Waals surface area (Å²) in [5.41, 5.74) is 5.07. The summed E-state index contributed by atoms with van der Waals surface area (Å²) in [6, 6.07) is 11.2. The van der Waals surface area contributed by atoms with E-state index in [0.717, 1.165) is 27.3 Å². The smallest absolute Gasteiger partial charge is 0.262 e. The van der Waals surface area contributed by atoms with Crippen LogP contribution in [0.5, 0.6) is 5.75 Å². The first-order valence-electron chi connectivity index (χ1n) is 8.84. The first kappa shape index (κ1) is 18.2. The van der Waals surface area contributed by atoms with Gasteiger partial charge in [0, 0.05) is 16.0 Å². The summed E-state index contributed by atoms with van der Waals surface area (Å²) in [5.74, 6) is 0.273. The van der Waals surface area contributed by atoms with E-state index in [0.29, 0.717) is 22.1 Å². The standard InChI is InChI=1S/C21H19N3O3S/c1-11-4-5-15(8-12(11)2)20(26)24-21-23-19(13(3)28-21)14-6-7-17-16(9-14)22-18(25)10-27-17/h4-9H,10H2,1-3H3,(H,22,25)(H,23,24,26). The van der Waals surface area contributed by atoms with Crippen molar-refractivity contribution in [2.24, 2.45) is 0 Å². The van der Waals surface area contributed by atoms with Crippen molar-refractivity contribution in [1.82, 2.24) is 4.98 Å². The number of nitrogens with zero attached hydrogens (tertiary/aromatic N) is 1. The van der Waals surface area contributed by atoms with Crippen LogP contribution in [-0.4, -0.2) is 23.4 Å². The van der Waals surface area contributed by atoms with Crippen molar-refractivity contribution >= 4 is 34.0 Å². The fourth-order valence-electron chi connectivity index (χ4n) is 3.00. The van der Waals surface area contributed by atoms with Crippen LogP contribution in [0.1, 0.15) is 26.4 Å². The molecule has 0 aliphatic carbocycles. The minimum atomic E-state index is -0.186. The number of hydrogen-bond acceptors (Lipinski definition) is 5. The molecular weight excluding hydrogens is 374 g/mol. The zero-order chi connectivity index (χ0) is 19.8. The Morgan fingerprint density at radius 1 is 1.14 bits per heavy atom. The van der Waals surface area contributed by atoms with Gasteiger partial charge in [-0.15, -0.1) is 11.3 Å². The summed E-state index contributed by atoms with van der Waals surface area (Å²) in [5, 5.41) is 6.22. The number of aromatic nitrogens is 1. The maximum Gasteiger partial charge on any atom is 0.262 e. The minimum Gasteiger partial charge on any atom is -0.482 e. The van der Waals surface area contributed by atoms with Gasteiger partial charge in [0.25, 0.3) is 11.8 Å². The average molecular weight is 393 g/mol. The number of ether oxygens (including phenoxy) is 1. The Hall–Kier alpha value is -3.19. The molecule has 2 amide bonds. The lowest BCUT2D eigenvalue weighted by molar-refractivity contribution is -0.118. The van der Waals surface area contributed by atoms with Gasteiger partial charge in [-0.25, -0.2) is 4.98 Å². The molecule has 0 spiro atoms. The molecule has 2 N–H and O–H groups in total. The number of benzene rings is 2. The molecule has 7 heteroatoms. The van der Waals surface area contributed by atoms with E-state index in [9.17, 15) is 9.59 Å². The Morgan fingerprint density at radius 2 is 1.96 bits per heavy atom. The van der Waals surface area contributed by atoms with Gasteiger partial charge in [0.2, 0.25) is 0 Å². The molecule has 1 aliphatic heterocycles. The third-order valence-corrected chi connectivity index (χ3v) is 5.56. The van der Waals surface area contributed by atoms with E-state index in [1.165, 1.54) is 11.3 Å². The van der Waals surface area contributed by atoms with Gasteiger partial charge in [0.15, 0.2) is 11.7 Å². The summed E-state index contributed by atoms with van der Waals surface area (Å²) in [7, 11) is 0. The number of fused-ring (bicyclic) bond motifs is 1. The number of rotatable bonds is 3. The molecule has 0 radical (unpaired) electrons. The fraction of sp³-hybridized carbons (Fsp3) is 0.190. The molecule has 2 aromatic carbocycles. The molecule has 4 rings (SSSR count). The fourth-order valence-corrected chi connectivity index (χ4v) is 3.83. The van der Waals surface area contributed by atoms with Gasteiger partial charge in [-0.1, -0.05) is 6.07 Å². The lowest BCUT2D eigenvalue weighted by Gasteiger charge is -2.18. The predicted molar refractivity (Wildman–Crippen MR) is 110 cm³/mol. The molecule has 2 heterocycles. The Labute approximate surface area is 166 Å². The third kappa shape index (κ3) is 3.48. The van der Waals surface area contributed by atoms with Gasteiger partial charge < -0.3 is 10.1 Å². The lowest BCUT2D eigenvalue weighted by Crippen LogP contribution is -2.25. The Bertz CT molecular complexity index is 1100. The summed E-state index contributed by atoms with van der Waals surface area (Å²) in [4.78, 5) is 29.7. The van der Waals surface area contributed by atoms with E-state index in [1.54, 1.807) is 0 Å². The second kappa shape index (κ2) is 7.09. The molecule has 1 aliphatic rings. The van der Waals surface area contributed by atoms with Crippen molar-refractivity contribution in [1.29, 1.82) is 0 Å². The van der Waals surface area contributed by atoms with Gasteiger partial charge in [0.1, 0.15) is 5.75 Å². The van der Waals surface area contributed by atoms with E-state index in [2.05, 4.69) is 15.6 Å². The molecule has 0 saturated carbocycles. The highest BCUT2D eigenvalue weighted by atomic mass is 32.1. The van der Waals surface area contributed by atoms with E-state index < -0.39 is 0 Å². The topological polar surface area (TPSA) is 80.3 Å². The molecule has 142 valence electrons. The molecule has 28 heavy (non-hydrogen) atoms. The summed E-state index contributed by atoms with van der Waals surface area (Å²) < 4.78 is 5.39. The van der Waals surface area contributed by atoms with Crippen LogP contribution < -0.4 is 15.4 Å². The van der Waals surface area contributed by atoms with Crippen molar-refractivity contribution in [3.8, 4) is 17.0 Å². The maximum atomic E-state index is 12.6. The second-order valence-corrected chi connectivity index (χ2v) is 7.93. The number of thiazole rings is 1. The molecule has 3 aromatic rings. The van der Waals surface area contributed by atoms with Gasteiger partial charge in [-0.2, -0.15) is 0 Å². The Morgan fingerprint density at radius 3 is 2.75 bits per heavy atom. The number of amides is 2. The van der Waals surface area contributed by atoms with Gasteiger partial charge in [0.05, 0.1) is 11.4 Å². The second-order valence-electron chi connectivity index (χ2n) is 6.72. The molecule has 0 fully saturated rings. The molecule has 1 aromatic heterocycles. The van der Waals surface area contributed by atoms with Crippen LogP contribution in [0.15, 0.2) is 36.4 Å². The van der Waals surface area contributed by atoms with Crippen molar-refractivity contribution < 1.29 is 14.3 Å². The van der Waals surface area contributed by atoms with E-state index >= 15 is 0 Å². The third-order valence-electron chi connectivity index (χ3n) is 4.67. The molecule has 6 nitrogen and oxygen atoms in total. The zero-order valence-corrected chi connectivity index (χ0v) is 16.6. The number of nitrogens with one attached hydrogen (secondary N) is 2. The van der Waals surface area contributed by atoms with Crippen molar-refractivity contribution in [3.63, 3.8) is 0 Å². The molecule has 0 bridgehead atoms. The Balaban J connectivity index is 1.58. The zero-order valence-electron chi connectivity index (χ0n) is 15.8. The molecule has 0 atom stereocenters. The summed E-state index contributed by atoms with van der Waals surface area (Å²) >= 11 is 1.42. The highest BCUT2D eigenvalue weighted by molar-refractivity contribution is 7.16. The van der Waals surface area contributed by atoms with E-state index in [-0.39, 0.29) is 18.4 Å². The summed E-state index contributed by atoms with van der Waals surface area (Å²) in [6.45, 7) is 5.97. The first-order valence-corrected chi connectivity index (χ1v) is 9.65. The van der Waals surface area contributed by atoms with Gasteiger partial charge in [-0.3, -0.25) is 14.9 Å². The molecule has 0 unspecified atom stereocenters. The van der Waals surface area contributed by atoms with Crippen LogP contribution in [0.25, 0.3) is 11.3 Å².